The van der Waals surface area contributed by atoms with E-state index in [4.69, 9.17) is 0 Å². The summed E-state index contributed by atoms with van der Waals surface area (Å²) in [4.78, 5) is 4.43. The minimum absolute atomic E-state index is 0.930. The van der Waals surface area contributed by atoms with Gasteiger partial charge >= 0.3 is 0 Å². The number of rotatable bonds is 7. The van der Waals surface area contributed by atoms with E-state index in [1.165, 1.54) is 17.7 Å². The summed E-state index contributed by atoms with van der Waals surface area (Å²) in [6, 6.07) is 8.67. The van der Waals surface area contributed by atoms with Crippen LogP contribution in [0.2, 0.25) is 0 Å². The Morgan fingerprint density at radius 3 is 2.89 bits per heavy atom. The van der Waals surface area contributed by atoms with Crippen molar-refractivity contribution in [2.75, 3.05) is 6.54 Å². The van der Waals surface area contributed by atoms with Crippen LogP contribution >= 0.6 is 0 Å². The number of imidazole rings is 1. The quantitative estimate of drug-likeness (QED) is 0.771. The van der Waals surface area contributed by atoms with Crippen LogP contribution in [0.5, 0.6) is 0 Å². The molecule has 1 aromatic heterocycles. The molecule has 0 saturated heterocycles. The van der Waals surface area contributed by atoms with Crippen molar-refractivity contribution < 1.29 is 0 Å². The molecule has 0 bridgehead atoms. The molecule has 1 heterocycles. The van der Waals surface area contributed by atoms with Crippen LogP contribution in [0.15, 0.2) is 36.7 Å². The van der Waals surface area contributed by atoms with E-state index >= 15 is 0 Å². The average Bonchev–Trinajstić information content (AvgIpc) is 2.88. The van der Waals surface area contributed by atoms with Gasteiger partial charge in [-0.15, -0.1) is 0 Å². The van der Waals surface area contributed by atoms with Gasteiger partial charge in [-0.3, -0.25) is 0 Å². The fraction of sp³-hybridized carbons (Fsp3) is 0.438. The summed E-state index contributed by atoms with van der Waals surface area (Å²) in [5, 5.41) is 3.44. The molecule has 2 rings (SSSR count). The summed E-state index contributed by atoms with van der Waals surface area (Å²) >= 11 is 0. The first-order valence-corrected chi connectivity index (χ1v) is 7.17. The number of benzene rings is 1. The molecule has 1 N–H and O–H groups in total. The molecular formula is C16H23N3. The molecule has 0 spiro atoms. The Hall–Kier alpha value is -1.61. The summed E-state index contributed by atoms with van der Waals surface area (Å²) in [7, 11) is 0. The summed E-state index contributed by atoms with van der Waals surface area (Å²) in [5.41, 5.74) is 2.53. The third-order valence-corrected chi connectivity index (χ3v) is 3.14. The van der Waals surface area contributed by atoms with E-state index in [2.05, 4.69) is 53.0 Å². The zero-order valence-electron chi connectivity index (χ0n) is 11.9. The lowest BCUT2D eigenvalue weighted by Crippen LogP contribution is -2.14. The molecule has 0 aliphatic rings. The van der Waals surface area contributed by atoms with Crippen molar-refractivity contribution >= 4 is 0 Å². The zero-order valence-corrected chi connectivity index (χ0v) is 11.9. The highest BCUT2D eigenvalue weighted by atomic mass is 15.1. The van der Waals surface area contributed by atoms with Crippen LogP contribution in [0, 0.1) is 0 Å². The number of hydrogen-bond donors (Lipinski definition) is 1. The van der Waals surface area contributed by atoms with Gasteiger partial charge in [0.2, 0.25) is 0 Å². The molecule has 0 atom stereocenters. The molecule has 19 heavy (non-hydrogen) atoms. The second-order valence-corrected chi connectivity index (χ2v) is 4.81. The lowest BCUT2D eigenvalue weighted by Gasteiger charge is -2.10. The Bertz CT molecular complexity index is 502. The Morgan fingerprint density at radius 2 is 2.11 bits per heavy atom. The first-order valence-electron chi connectivity index (χ1n) is 7.17. The van der Waals surface area contributed by atoms with Gasteiger partial charge in [0.05, 0.1) is 0 Å². The van der Waals surface area contributed by atoms with Crippen LogP contribution in [0.25, 0.3) is 5.69 Å². The van der Waals surface area contributed by atoms with Crippen LogP contribution in [-0.4, -0.2) is 16.1 Å². The third-order valence-electron chi connectivity index (χ3n) is 3.14. The maximum Gasteiger partial charge on any atom is 0.113 e. The highest BCUT2D eigenvalue weighted by Crippen LogP contribution is 2.14. The highest BCUT2D eigenvalue weighted by molar-refractivity contribution is 5.37. The first-order chi connectivity index (χ1) is 9.35. The van der Waals surface area contributed by atoms with E-state index < -0.39 is 0 Å². The predicted octanol–water partition coefficient (Wildman–Crippen LogP) is 3.32. The Kier molecular flexibility index (Phi) is 5.16. The van der Waals surface area contributed by atoms with Gasteiger partial charge in [0.15, 0.2) is 0 Å². The number of hydrogen-bond acceptors (Lipinski definition) is 2. The molecule has 3 heteroatoms. The van der Waals surface area contributed by atoms with E-state index in [9.17, 15) is 0 Å². The number of aromatic nitrogens is 2. The SMILES string of the molecule is CCCNCc1cccc(-n2ccnc2CCC)c1. The van der Waals surface area contributed by atoms with E-state index in [0.29, 0.717) is 0 Å². The maximum absolute atomic E-state index is 4.43. The monoisotopic (exact) mass is 257 g/mol. The van der Waals surface area contributed by atoms with Gasteiger partial charge in [0.1, 0.15) is 5.82 Å². The van der Waals surface area contributed by atoms with Gasteiger partial charge in [-0.05, 0) is 37.1 Å². The first kappa shape index (κ1) is 13.8. The summed E-state index contributed by atoms with van der Waals surface area (Å²) < 4.78 is 2.19. The molecule has 0 unspecified atom stereocenters. The molecular weight excluding hydrogens is 234 g/mol. The van der Waals surface area contributed by atoms with Crippen molar-refractivity contribution in [2.24, 2.45) is 0 Å². The van der Waals surface area contributed by atoms with E-state index in [1.807, 2.05) is 12.4 Å². The van der Waals surface area contributed by atoms with Crippen molar-refractivity contribution in [3.05, 3.63) is 48.0 Å². The van der Waals surface area contributed by atoms with Gasteiger partial charge < -0.3 is 9.88 Å². The highest BCUT2D eigenvalue weighted by Gasteiger charge is 2.04. The summed E-state index contributed by atoms with van der Waals surface area (Å²) in [6.45, 7) is 6.37. The van der Waals surface area contributed by atoms with Crippen molar-refractivity contribution in [1.29, 1.82) is 0 Å². The Labute approximate surface area is 115 Å². The van der Waals surface area contributed by atoms with Gasteiger partial charge in [-0.25, -0.2) is 4.98 Å². The van der Waals surface area contributed by atoms with Crippen molar-refractivity contribution in [2.45, 2.75) is 39.7 Å². The molecule has 0 aliphatic heterocycles. The second-order valence-electron chi connectivity index (χ2n) is 4.81. The minimum Gasteiger partial charge on any atom is -0.313 e. The Balaban J connectivity index is 2.15. The molecule has 0 fully saturated rings. The summed E-state index contributed by atoms with van der Waals surface area (Å²) in [6.07, 6.45) is 7.23. The normalized spacial score (nSPS) is 10.8. The molecule has 0 radical (unpaired) electrons. The van der Waals surface area contributed by atoms with Crippen LogP contribution < -0.4 is 5.32 Å². The van der Waals surface area contributed by atoms with Crippen molar-refractivity contribution in [1.82, 2.24) is 14.9 Å². The van der Waals surface area contributed by atoms with Gasteiger partial charge in [0.25, 0.3) is 0 Å². The topological polar surface area (TPSA) is 29.9 Å². The molecule has 0 aliphatic carbocycles. The fourth-order valence-electron chi connectivity index (χ4n) is 2.20. The second kappa shape index (κ2) is 7.10. The molecule has 0 saturated carbocycles. The lowest BCUT2D eigenvalue weighted by molar-refractivity contribution is 0.675. The molecule has 2 aromatic rings. The Morgan fingerprint density at radius 1 is 1.21 bits per heavy atom. The average molecular weight is 257 g/mol. The smallest absolute Gasteiger partial charge is 0.113 e. The van der Waals surface area contributed by atoms with Crippen molar-refractivity contribution in [3.8, 4) is 5.69 Å². The lowest BCUT2D eigenvalue weighted by atomic mass is 10.2. The van der Waals surface area contributed by atoms with Crippen LogP contribution in [-0.2, 0) is 13.0 Å². The molecule has 3 nitrogen and oxygen atoms in total. The molecule has 0 amide bonds. The fourth-order valence-corrected chi connectivity index (χ4v) is 2.20. The standard InChI is InChI=1S/C16H23N3/c1-3-6-16-18-10-11-19(16)15-8-5-7-14(12-15)13-17-9-4-2/h5,7-8,10-12,17H,3-4,6,9,13H2,1-2H3. The van der Waals surface area contributed by atoms with Crippen LogP contribution in [0.1, 0.15) is 38.1 Å². The number of aryl methyl sites for hydroxylation is 1. The van der Waals surface area contributed by atoms with E-state index in [0.717, 1.165) is 31.8 Å². The molecule has 1 aromatic carbocycles. The van der Waals surface area contributed by atoms with Gasteiger partial charge in [-0.2, -0.15) is 0 Å². The minimum atomic E-state index is 0.930. The van der Waals surface area contributed by atoms with E-state index in [-0.39, 0.29) is 0 Å². The van der Waals surface area contributed by atoms with Crippen LogP contribution in [0.4, 0.5) is 0 Å². The number of nitrogens with one attached hydrogen (secondary N) is 1. The predicted molar refractivity (Wildman–Crippen MR) is 79.6 cm³/mol. The summed E-state index contributed by atoms with van der Waals surface area (Å²) in [5.74, 6) is 1.14. The van der Waals surface area contributed by atoms with Crippen LogP contribution in [0.3, 0.4) is 0 Å². The largest absolute Gasteiger partial charge is 0.313 e. The van der Waals surface area contributed by atoms with Gasteiger partial charge in [-0.1, -0.05) is 26.0 Å². The van der Waals surface area contributed by atoms with E-state index in [1.54, 1.807) is 0 Å². The zero-order chi connectivity index (χ0) is 13.5. The van der Waals surface area contributed by atoms with Crippen molar-refractivity contribution in [3.63, 3.8) is 0 Å². The van der Waals surface area contributed by atoms with Gasteiger partial charge in [0, 0.05) is 31.0 Å². The third kappa shape index (κ3) is 3.67. The maximum atomic E-state index is 4.43. The molecule has 102 valence electrons. The number of nitrogens with zero attached hydrogens (tertiary/aromatic N) is 2.